The number of aromatic nitrogens is 1. The molecule has 0 saturated carbocycles. The molecular weight excluding hydrogens is 216 g/mol. The minimum atomic E-state index is 0.00372. The van der Waals surface area contributed by atoms with Gasteiger partial charge in [0.15, 0.2) is 0 Å². The second-order valence-corrected chi connectivity index (χ2v) is 4.65. The fourth-order valence-corrected chi connectivity index (χ4v) is 2.26. The van der Waals surface area contributed by atoms with Crippen LogP contribution in [0.5, 0.6) is 0 Å². The molecule has 2 rings (SSSR count). The van der Waals surface area contributed by atoms with Crippen molar-refractivity contribution in [2.75, 3.05) is 6.61 Å². The Morgan fingerprint density at radius 2 is 2.47 bits per heavy atom. The van der Waals surface area contributed by atoms with Crippen LogP contribution in [0.3, 0.4) is 0 Å². The fourth-order valence-electron chi connectivity index (χ4n) is 2.26. The molecule has 4 nitrogen and oxygen atoms in total. The van der Waals surface area contributed by atoms with Crippen LogP contribution in [-0.2, 0) is 23.1 Å². The van der Waals surface area contributed by atoms with E-state index in [1.165, 1.54) is 0 Å². The molecule has 1 aromatic heterocycles. The van der Waals surface area contributed by atoms with E-state index in [1.807, 2.05) is 36.9 Å². The van der Waals surface area contributed by atoms with E-state index in [-0.39, 0.29) is 17.9 Å². The van der Waals surface area contributed by atoms with Crippen molar-refractivity contribution < 1.29 is 9.53 Å². The molecule has 1 fully saturated rings. The number of amides is 1. The third-order valence-electron chi connectivity index (χ3n) is 3.44. The minimum Gasteiger partial charge on any atom is -0.378 e. The maximum atomic E-state index is 12.0. The first-order chi connectivity index (χ1) is 8.18. The average molecular weight is 236 g/mol. The van der Waals surface area contributed by atoms with Gasteiger partial charge in [-0.15, -0.1) is 0 Å². The predicted molar refractivity (Wildman–Crippen MR) is 65.4 cm³/mol. The van der Waals surface area contributed by atoms with Crippen LogP contribution in [0, 0.1) is 5.92 Å². The highest BCUT2D eigenvalue weighted by Crippen LogP contribution is 2.20. The summed E-state index contributed by atoms with van der Waals surface area (Å²) in [5, 5.41) is 2.99. The normalized spacial score (nSPS) is 24.6. The summed E-state index contributed by atoms with van der Waals surface area (Å²) >= 11 is 0. The zero-order chi connectivity index (χ0) is 12.3. The Morgan fingerprint density at radius 3 is 3.12 bits per heavy atom. The van der Waals surface area contributed by atoms with Gasteiger partial charge in [0.05, 0.1) is 18.6 Å². The number of rotatable bonds is 3. The molecule has 94 valence electrons. The van der Waals surface area contributed by atoms with E-state index in [0.29, 0.717) is 6.54 Å². The molecule has 0 spiro atoms. The summed E-state index contributed by atoms with van der Waals surface area (Å²) in [7, 11) is 1.98. The van der Waals surface area contributed by atoms with Crippen molar-refractivity contribution in [2.24, 2.45) is 13.0 Å². The van der Waals surface area contributed by atoms with Crippen LogP contribution in [0.25, 0.3) is 0 Å². The quantitative estimate of drug-likeness (QED) is 0.863. The van der Waals surface area contributed by atoms with Gasteiger partial charge in [-0.05, 0) is 31.9 Å². The number of ether oxygens (including phenoxy) is 1. The van der Waals surface area contributed by atoms with Crippen molar-refractivity contribution in [1.29, 1.82) is 0 Å². The second kappa shape index (κ2) is 5.36. The molecule has 0 radical (unpaired) electrons. The molecule has 1 aliphatic heterocycles. The maximum Gasteiger partial charge on any atom is 0.226 e. The summed E-state index contributed by atoms with van der Waals surface area (Å²) < 4.78 is 7.52. The van der Waals surface area contributed by atoms with Crippen molar-refractivity contribution in [1.82, 2.24) is 9.88 Å². The Morgan fingerprint density at radius 1 is 1.65 bits per heavy atom. The molecule has 1 saturated heterocycles. The van der Waals surface area contributed by atoms with Crippen molar-refractivity contribution in [3.63, 3.8) is 0 Å². The standard InChI is InChI=1S/C13H20N2O2/c1-10-12(6-4-8-17-10)13(16)14-9-11-5-3-7-15(11)2/h3,5,7,10,12H,4,6,8-9H2,1-2H3,(H,14,16)/t10-,12-/m1/s1. The van der Waals surface area contributed by atoms with Crippen LogP contribution in [0.1, 0.15) is 25.5 Å². The van der Waals surface area contributed by atoms with Gasteiger partial charge in [0.2, 0.25) is 5.91 Å². The predicted octanol–water partition coefficient (Wildman–Crippen LogP) is 1.46. The summed E-state index contributed by atoms with van der Waals surface area (Å²) in [6, 6.07) is 3.99. The number of carbonyl (C=O) groups excluding carboxylic acids is 1. The molecule has 0 bridgehead atoms. The molecule has 0 aromatic carbocycles. The van der Waals surface area contributed by atoms with Crippen molar-refractivity contribution in [3.05, 3.63) is 24.0 Å². The van der Waals surface area contributed by atoms with E-state index in [9.17, 15) is 4.79 Å². The Labute approximate surface area is 102 Å². The number of nitrogens with one attached hydrogen (secondary N) is 1. The fraction of sp³-hybridized carbons (Fsp3) is 0.615. The molecular formula is C13H20N2O2. The van der Waals surface area contributed by atoms with Crippen molar-refractivity contribution >= 4 is 5.91 Å². The van der Waals surface area contributed by atoms with Gasteiger partial charge in [-0.2, -0.15) is 0 Å². The van der Waals surface area contributed by atoms with Gasteiger partial charge in [0, 0.05) is 25.5 Å². The van der Waals surface area contributed by atoms with Gasteiger partial charge in [-0.25, -0.2) is 0 Å². The van der Waals surface area contributed by atoms with Gasteiger partial charge >= 0.3 is 0 Å². The van der Waals surface area contributed by atoms with Gasteiger partial charge in [-0.3, -0.25) is 4.79 Å². The molecule has 17 heavy (non-hydrogen) atoms. The number of hydrogen-bond acceptors (Lipinski definition) is 2. The van der Waals surface area contributed by atoms with Crippen LogP contribution in [0.4, 0.5) is 0 Å². The summed E-state index contributed by atoms with van der Waals surface area (Å²) in [4.78, 5) is 12.0. The number of aryl methyl sites for hydroxylation is 1. The zero-order valence-corrected chi connectivity index (χ0v) is 10.5. The van der Waals surface area contributed by atoms with Crippen LogP contribution >= 0.6 is 0 Å². The van der Waals surface area contributed by atoms with Gasteiger partial charge in [0.25, 0.3) is 0 Å². The van der Waals surface area contributed by atoms with E-state index < -0.39 is 0 Å². The highest BCUT2D eigenvalue weighted by molar-refractivity contribution is 5.79. The van der Waals surface area contributed by atoms with Crippen LogP contribution in [0.2, 0.25) is 0 Å². The van der Waals surface area contributed by atoms with Gasteiger partial charge in [-0.1, -0.05) is 0 Å². The van der Waals surface area contributed by atoms with E-state index in [2.05, 4.69) is 5.32 Å². The largest absolute Gasteiger partial charge is 0.378 e. The lowest BCUT2D eigenvalue weighted by molar-refractivity contribution is -0.133. The topological polar surface area (TPSA) is 43.3 Å². The Hall–Kier alpha value is -1.29. The van der Waals surface area contributed by atoms with E-state index in [1.54, 1.807) is 0 Å². The molecule has 0 aliphatic carbocycles. The second-order valence-electron chi connectivity index (χ2n) is 4.65. The first-order valence-electron chi connectivity index (χ1n) is 6.18. The van der Waals surface area contributed by atoms with E-state index in [4.69, 9.17) is 4.74 Å². The van der Waals surface area contributed by atoms with E-state index in [0.717, 1.165) is 25.1 Å². The number of carbonyl (C=O) groups is 1. The SMILES string of the molecule is C[C@H]1OCCC[C@H]1C(=O)NCc1cccn1C. The summed E-state index contributed by atoms with van der Waals surface area (Å²) in [5.74, 6) is 0.113. The molecule has 0 unspecified atom stereocenters. The Kier molecular flexibility index (Phi) is 3.84. The van der Waals surface area contributed by atoms with Crippen molar-refractivity contribution in [3.8, 4) is 0 Å². The summed E-state index contributed by atoms with van der Waals surface area (Å²) in [6.07, 6.45) is 3.93. The molecule has 4 heteroatoms. The third kappa shape index (κ3) is 2.88. The van der Waals surface area contributed by atoms with Crippen molar-refractivity contribution in [2.45, 2.75) is 32.4 Å². The van der Waals surface area contributed by atoms with Crippen LogP contribution in [0.15, 0.2) is 18.3 Å². The molecule has 1 aliphatic rings. The lowest BCUT2D eigenvalue weighted by atomic mass is 9.94. The first-order valence-corrected chi connectivity index (χ1v) is 6.18. The van der Waals surface area contributed by atoms with Crippen LogP contribution in [-0.4, -0.2) is 23.2 Å². The highest BCUT2D eigenvalue weighted by Gasteiger charge is 2.28. The highest BCUT2D eigenvalue weighted by atomic mass is 16.5. The third-order valence-corrected chi connectivity index (χ3v) is 3.44. The van der Waals surface area contributed by atoms with Gasteiger partial charge in [0.1, 0.15) is 0 Å². The molecule has 2 atom stereocenters. The lowest BCUT2D eigenvalue weighted by Crippen LogP contribution is -2.40. The smallest absolute Gasteiger partial charge is 0.226 e. The van der Waals surface area contributed by atoms with Crippen LogP contribution < -0.4 is 5.32 Å². The molecule has 1 aromatic rings. The lowest BCUT2D eigenvalue weighted by Gasteiger charge is -2.28. The summed E-state index contributed by atoms with van der Waals surface area (Å²) in [6.45, 7) is 3.35. The molecule has 1 N–H and O–H groups in total. The number of nitrogens with zero attached hydrogens (tertiary/aromatic N) is 1. The summed E-state index contributed by atoms with van der Waals surface area (Å²) in [5.41, 5.74) is 1.11. The molecule has 2 heterocycles. The van der Waals surface area contributed by atoms with E-state index >= 15 is 0 Å². The minimum absolute atomic E-state index is 0.00372. The maximum absolute atomic E-state index is 12.0. The first kappa shape index (κ1) is 12.2. The number of hydrogen-bond donors (Lipinski definition) is 1. The van der Waals surface area contributed by atoms with Gasteiger partial charge < -0.3 is 14.6 Å². The monoisotopic (exact) mass is 236 g/mol. The zero-order valence-electron chi connectivity index (χ0n) is 10.5. The average Bonchev–Trinajstić information content (AvgIpc) is 2.72. The Balaban J connectivity index is 1.86. The Bertz CT molecular complexity index is 387. The molecule has 1 amide bonds.